The number of furan rings is 1. The Labute approximate surface area is 192 Å². The fourth-order valence-electron chi connectivity index (χ4n) is 4.14. The maximum absolute atomic E-state index is 13.6. The largest absolute Gasteiger partial charge is 0.503 e. The van der Waals surface area contributed by atoms with Gasteiger partial charge in [0.25, 0.3) is 5.91 Å². The number of aliphatic hydroxyl groups is 1. The molecule has 2 heterocycles. The third-order valence-corrected chi connectivity index (χ3v) is 6.17. The third-order valence-electron chi connectivity index (χ3n) is 5.67. The molecule has 1 N–H and O–H groups in total. The molecular weight excluding hydrogens is 470 g/mol. The molecule has 6 heteroatoms. The monoisotopic (exact) mass is 487 g/mol. The van der Waals surface area contributed by atoms with Crippen molar-refractivity contribution in [1.29, 1.82) is 0 Å². The number of nitrogens with zero attached hydrogens (tertiary/aromatic N) is 1. The molecule has 0 radical (unpaired) electrons. The topological polar surface area (TPSA) is 70.7 Å². The van der Waals surface area contributed by atoms with Crippen LogP contribution in [0.1, 0.15) is 27.7 Å². The van der Waals surface area contributed by atoms with Crippen molar-refractivity contribution < 1.29 is 19.1 Å². The Balaban J connectivity index is 1.68. The van der Waals surface area contributed by atoms with E-state index >= 15 is 0 Å². The van der Waals surface area contributed by atoms with Crippen LogP contribution in [0.3, 0.4) is 0 Å². The number of hydrogen-bond donors (Lipinski definition) is 1. The van der Waals surface area contributed by atoms with Crippen molar-refractivity contribution in [2.45, 2.75) is 13.0 Å². The molecule has 0 spiro atoms. The van der Waals surface area contributed by atoms with E-state index < -0.39 is 23.5 Å². The molecular formula is C26H18BrNO4. The SMILES string of the molecule is Cc1ccccc1C1C(C(=O)c2cc3cc(Br)ccc3o2)=C(O)C(=O)N1c1ccccc1. The first-order chi connectivity index (χ1) is 15.5. The number of amides is 1. The predicted molar refractivity (Wildman–Crippen MR) is 126 cm³/mol. The summed E-state index contributed by atoms with van der Waals surface area (Å²) in [6.07, 6.45) is 0. The van der Waals surface area contributed by atoms with Crippen LogP contribution in [0.15, 0.2) is 99.1 Å². The lowest BCUT2D eigenvalue weighted by molar-refractivity contribution is -0.117. The van der Waals surface area contributed by atoms with Gasteiger partial charge >= 0.3 is 0 Å². The van der Waals surface area contributed by atoms with Crippen LogP contribution < -0.4 is 4.90 Å². The Bertz CT molecular complexity index is 1400. The molecule has 1 amide bonds. The highest BCUT2D eigenvalue weighted by Crippen LogP contribution is 2.43. The van der Waals surface area contributed by atoms with Gasteiger partial charge in [0.1, 0.15) is 5.58 Å². The molecule has 0 aliphatic carbocycles. The van der Waals surface area contributed by atoms with E-state index in [1.54, 1.807) is 24.3 Å². The Kier molecular flexibility index (Phi) is 4.94. The van der Waals surface area contributed by atoms with Gasteiger partial charge in [0.05, 0.1) is 11.6 Å². The Morgan fingerprint density at radius 3 is 2.47 bits per heavy atom. The van der Waals surface area contributed by atoms with E-state index in [2.05, 4.69) is 15.9 Å². The first-order valence-electron chi connectivity index (χ1n) is 10.1. The summed E-state index contributed by atoms with van der Waals surface area (Å²) in [6, 6.07) is 22.8. The van der Waals surface area contributed by atoms with E-state index in [4.69, 9.17) is 4.42 Å². The fourth-order valence-corrected chi connectivity index (χ4v) is 4.52. The number of para-hydroxylation sites is 1. The zero-order valence-electron chi connectivity index (χ0n) is 17.1. The van der Waals surface area contributed by atoms with Gasteiger partial charge in [-0.3, -0.25) is 14.5 Å². The van der Waals surface area contributed by atoms with Gasteiger partial charge in [0.15, 0.2) is 11.5 Å². The summed E-state index contributed by atoms with van der Waals surface area (Å²) < 4.78 is 6.65. The molecule has 1 aliphatic rings. The lowest BCUT2D eigenvalue weighted by Crippen LogP contribution is -2.31. The van der Waals surface area contributed by atoms with Crippen LogP contribution in [0, 0.1) is 6.92 Å². The normalized spacial score (nSPS) is 16.2. The van der Waals surface area contributed by atoms with E-state index in [1.807, 2.05) is 61.5 Å². The van der Waals surface area contributed by atoms with Crippen LogP contribution >= 0.6 is 15.9 Å². The first kappa shape index (κ1) is 20.3. The maximum Gasteiger partial charge on any atom is 0.294 e. The van der Waals surface area contributed by atoms with Crippen molar-refractivity contribution in [1.82, 2.24) is 0 Å². The standard InChI is InChI=1S/C26H18BrNO4/c1-15-7-5-6-10-19(15)23-22(25(30)26(31)28(23)18-8-3-2-4-9-18)24(29)21-14-16-13-17(27)11-12-20(16)32-21/h2-14,23,30H,1H3. The molecule has 0 saturated carbocycles. The number of benzene rings is 3. The number of halogens is 1. The lowest BCUT2D eigenvalue weighted by Gasteiger charge is -2.27. The second kappa shape index (κ2) is 7.80. The van der Waals surface area contributed by atoms with Gasteiger partial charge in [-0.05, 0) is 54.4 Å². The summed E-state index contributed by atoms with van der Waals surface area (Å²) in [5.41, 5.74) is 2.81. The molecule has 4 aromatic rings. The van der Waals surface area contributed by atoms with Crippen LogP contribution in [0.2, 0.25) is 0 Å². The molecule has 0 fully saturated rings. The van der Waals surface area contributed by atoms with Gasteiger partial charge < -0.3 is 9.52 Å². The zero-order valence-corrected chi connectivity index (χ0v) is 18.7. The van der Waals surface area contributed by atoms with E-state index in [0.717, 1.165) is 21.0 Å². The molecule has 5 nitrogen and oxygen atoms in total. The van der Waals surface area contributed by atoms with Gasteiger partial charge in [0.2, 0.25) is 5.78 Å². The molecule has 1 aliphatic heterocycles. The highest BCUT2D eigenvalue weighted by molar-refractivity contribution is 9.10. The third kappa shape index (κ3) is 3.24. The lowest BCUT2D eigenvalue weighted by atomic mass is 9.92. The molecule has 1 atom stereocenters. The van der Waals surface area contributed by atoms with E-state index in [-0.39, 0.29) is 11.3 Å². The molecule has 158 valence electrons. The summed E-state index contributed by atoms with van der Waals surface area (Å²) in [5, 5.41) is 11.6. The van der Waals surface area contributed by atoms with E-state index in [1.165, 1.54) is 4.90 Å². The number of carbonyl (C=O) groups excluding carboxylic acids is 2. The maximum atomic E-state index is 13.6. The molecule has 1 aromatic heterocycles. The summed E-state index contributed by atoms with van der Waals surface area (Å²) in [6.45, 7) is 1.92. The number of fused-ring (bicyclic) bond motifs is 1. The number of anilines is 1. The Hall–Kier alpha value is -3.64. The second-order valence-electron chi connectivity index (χ2n) is 7.65. The molecule has 5 rings (SSSR count). The summed E-state index contributed by atoms with van der Waals surface area (Å²) in [7, 11) is 0. The highest BCUT2D eigenvalue weighted by atomic mass is 79.9. The number of ketones is 1. The van der Waals surface area contributed by atoms with Crippen LogP contribution in [0.4, 0.5) is 5.69 Å². The summed E-state index contributed by atoms with van der Waals surface area (Å²) >= 11 is 3.42. The summed E-state index contributed by atoms with van der Waals surface area (Å²) in [5.74, 6) is -1.63. The minimum Gasteiger partial charge on any atom is -0.503 e. The van der Waals surface area contributed by atoms with Crippen molar-refractivity contribution >= 4 is 44.3 Å². The minimum atomic E-state index is -0.779. The summed E-state index contributed by atoms with van der Waals surface area (Å²) in [4.78, 5) is 28.3. The van der Waals surface area contributed by atoms with Crippen molar-refractivity contribution in [3.63, 3.8) is 0 Å². The van der Waals surface area contributed by atoms with Gasteiger partial charge in [-0.1, -0.05) is 58.4 Å². The van der Waals surface area contributed by atoms with Crippen molar-refractivity contribution in [3.05, 3.63) is 112 Å². The van der Waals surface area contributed by atoms with Crippen LogP contribution in [0.25, 0.3) is 11.0 Å². The van der Waals surface area contributed by atoms with Crippen molar-refractivity contribution in [3.8, 4) is 0 Å². The van der Waals surface area contributed by atoms with Gasteiger partial charge in [-0.15, -0.1) is 0 Å². The van der Waals surface area contributed by atoms with Crippen molar-refractivity contribution in [2.24, 2.45) is 0 Å². The molecule has 32 heavy (non-hydrogen) atoms. The van der Waals surface area contributed by atoms with Gasteiger partial charge in [0, 0.05) is 15.5 Å². The molecule has 1 unspecified atom stereocenters. The van der Waals surface area contributed by atoms with Gasteiger partial charge in [-0.2, -0.15) is 0 Å². The average molecular weight is 488 g/mol. The number of aryl methyl sites for hydroxylation is 1. The number of hydrogen-bond acceptors (Lipinski definition) is 4. The number of aliphatic hydroxyl groups excluding tert-OH is 1. The highest BCUT2D eigenvalue weighted by Gasteiger charge is 2.45. The fraction of sp³-hybridized carbons (Fsp3) is 0.0769. The van der Waals surface area contributed by atoms with Crippen LogP contribution in [-0.4, -0.2) is 16.8 Å². The van der Waals surface area contributed by atoms with E-state index in [9.17, 15) is 14.7 Å². The predicted octanol–water partition coefficient (Wildman–Crippen LogP) is 6.29. The first-order valence-corrected chi connectivity index (χ1v) is 10.9. The number of carbonyl (C=O) groups is 2. The molecule has 0 saturated heterocycles. The molecule has 3 aromatic carbocycles. The van der Waals surface area contributed by atoms with Crippen LogP contribution in [-0.2, 0) is 4.79 Å². The van der Waals surface area contributed by atoms with E-state index in [0.29, 0.717) is 11.3 Å². The second-order valence-corrected chi connectivity index (χ2v) is 8.57. The quantitative estimate of drug-likeness (QED) is 0.343. The smallest absolute Gasteiger partial charge is 0.294 e. The minimum absolute atomic E-state index is 0.00581. The average Bonchev–Trinajstić information content (AvgIpc) is 3.33. The van der Waals surface area contributed by atoms with Crippen LogP contribution in [0.5, 0.6) is 0 Å². The number of rotatable bonds is 4. The Morgan fingerprint density at radius 2 is 1.72 bits per heavy atom. The van der Waals surface area contributed by atoms with Gasteiger partial charge in [-0.25, -0.2) is 0 Å². The molecule has 0 bridgehead atoms. The van der Waals surface area contributed by atoms with Crippen molar-refractivity contribution in [2.75, 3.05) is 4.90 Å². The Morgan fingerprint density at radius 1 is 1.00 bits per heavy atom. The zero-order chi connectivity index (χ0) is 22.4. The number of Topliss-reactive ketones (excluding diaryl/α,β-unsaturated/α-hetero) is 1.